The van der Waals surface area contributed by atoms with Gasteiger partial charge in [0.1, 0.15) is 6.54 Å². The molecule has 6 nitrogen and oxygen atoms in total. The zero-order valence-corrected chi connectivity index (χ0v) is 6.24. The lowest BCUT2D eigenvalue weighted by Crippen LogP contribution is -2.29. The minimum absolute atomic E-state index is 0.192. The fraction of sp³-hybridized carbons (Fsp3) is 0.500. The summed E-state index contributed by atoms with van der Waals surface area (Å²) in [7, 11) is 0. The van der Waals surface area contributed by atoms with Crippen molar-refractivity contribution < 1.29 is 24.6 Å². The average molecular weight is 175 g/mol. The number of aliphatic carboxylic acids is 2. The van der Waals surface area contributed by atoms with Crippen LogP contribution >= 0.6 is 0 Å². The topological polar surface area (TPSA) is 104 Å². The monoisotopic (exact) mass is 175 g/mol. The third-order valence-electron chi connectivity index (χ3n) is 1.00. The maximum absolute atomic E-state index is 10.6. The number of carbonyl (C=O) groups is 3. The van der Waals surface area contributed by atoms with Crippen LogP contribution in [0, 0.1) is 0 Å². The van der Waals surface area contributed by atoms with E-state index in [9.17, 15) is 14.4 Å². The van der Waals surface area contributed by atoms with E-state index in [2.05, 4.69) is 0 Å². The summed E-state index contributed by atoms with van der Waals surface area (Å²) >= 11 is 0. The van der Waals surface area contributed by atoms with Crippen LogP contribution in [0.4, 0.5) is 0 Å². The largest absolute Gasteiger partial charge is 0.481 e. The van der Waals surface area contributed by atoms with Crippen molar-refractivity contribution in [3.05, 3.63) is 0 Å². The quantitative estimate of drug-likeness (QED) is 0.499. The Balaban J connectivity index is 3.47. The van der Waals surface area contributed by atoms with Crippen LogP contribution in [0.1, 0.15) is 12.8 Å². The SMILES string of the molecule is O=C(O)CCC(=O)NCC(=O)O. The van der Waals surface area contributed by atoms with E-state index in [1.807, 2.05) is 5.32 Å². The van der Waals surface area contributed by atoms with Gasteiger partial charge in [0.25, 0.3) is 0 Å². The molecule has 0 radical (unpaired) electrons. The van der Waals surface area contributed by atoms with Gasteiger partial charge in [0.15, 0.2) is 0 Å². The molecule has 0 rings (SSSR count). The molecule has 0 aliphatic carbocycles. The van der Waals surface area contributed by atoms with Gasteiger partial charge >= 0.3 is 11.9 Å². The van der Waals surface area contributed by atoms with Gasteiger partial charge in [-0.3, -0.25) is 14.4 Å². The molecule has 0 heterocycles. The summed E-state index contributed by atoms with van der Waals surface area (Å²) in [5.74, 6) is -2.81. The second-order valence-electron chi connectivity index (χ2n) is 2.06. The van der Waals surface area contributed by atoms with Crippen molar-refractivity contribution in [3.63, 3.8) is 0 Å². The number of amides is 1. The molecule has 0 atom stereocenters. The van der Waals surface area contributed by atoms with Gasteiger partial charge in [-0.2, -0.15) is 0 Å². The molecule has 0 aromatic heterocycles. The molecule has 0 aromatic carbocycles. The third kappa shape index (κ3) is 6.53. The Kier molecular flexibility index (Phi) is 4.43. The normalized spacial score (nSPS) is 9.00. The lowest BCUT2D eigenvalue weighted by Gasteiger charge is -1.98. The highest BCUT2D eigenvalue weighted by molar-refractivity contribution is 5.83. The lowest BCUT2D eigenvalue weighted by atomic mass is 10.3. The molecule has 6 heteroatoms. The molecule has 0 unspecified atom stereocenters. The molecule has 0 fully saturated rings. The Morgan fingerprint density at radius 3 is 2.00 bits per heavy atom. The molecule has 0 spiro atoms. The van der Waals surface area contributed by atoms with Crippen molar-refractivity contribution >= 4 is 17.8 Å². The minimum Gasteiger partial charge on any atom is -0.481 e. The van der Waals surface area contributed by atoms with Crippen molar-refractivity contribution in [1.29, 1.82) is 0 Å². The summed E-state index contributed by atoms with van der Waals surface area (Å²) in [5.41, 5.74) is 0. The van der Waals surface area contributed by atoms with E-state index in [4.69, 9.17) is 10.2 Å². The number of nitrogens with one attached hydrogen (secondary N) is 1. The number of rotatable bonds is 5. The fourth-order valence-corrected chi connectivity index (χ4v) is 0.483. The highest BCUT2D eigenvalue weighted by atomic mass is 16.4. The predicted octanol–water partition coefficient (Wildman–Crippen LogP) is -0.948. The molecule has 0 saturated heterocycles. The van der Waals surface area contributed by atoms with Gasteiger partial charge in [0.2, 0.25) is 5.91 Å². The standard InChI is InChI=1S/C6H9NO5/c8-4(1-2-5(9)10)7-3-6(11)12/h1-3H2,(H,7,8)(H,9,10)(H,11,12). The lowest BCUT2D eigenvalue weighted by molar-refractivity contribution is -0.139. The average Bonchev–Trinajstić information content (AvgIpc) is 1.96. The summed E-state index contributed by atoms with van der Waals surface area (Å²) in [6.07, 6.45) is -0.478. The van der Waals surface area contributed by atoms with Gasteiger partial charge in [-0.25, -0.2) is 0 Å². The van der Waals surface area contributed by atoms with Crippen molar-refractivity contribution in [3.8, 4) is 0 Å². The first-order valence-corrected chi connectivity index (χ1v) is 3.22. The minimum atomic E-state index is -1.15. The first kappa shape index (κ1) is 10.4. The van der Waals surface area contributed by atoms with Gasteiger partial charge in [0.05, 0.1) is 6.42 Å². The van der Waals surface area contributed by atoms with Crippen LogP contribution in [0.2, 0.25) is 0 Å². The fourth-order valence-electron chi connectivity index (χ4n) is 0.483. The van der Waals surface area contributed by atoms with Crippen LogP contribution in [0.25, 0.3) is 0 Å². The van der Waals surface area contributed by atoms with Crippen molar-refractivity contribution in [2.24, 2.45) is 0 Å². The first-order valence-electron chi connectivity index (χ1n) is 3.22. The van der Waals surface area contributed by atoms with Crippen LogP contribution < -0.4 is 5.32 Å². The summed E-state index contributed by atoms with van der Waals surface area (Å²) < 4.78 is 0. The second kappa shape index (κ2) is 5.11. The summed E-state index contributed by atoms with van der Waals surface area (Å²) in [5, 5.41) is 18.3. The maximum Gasteiger partial charge on any atom is 0.322 e. The van der Waals surface area contributed by atoms with Crippen molar-refractivity contribution in [2.45, 2.75) is 12.8 Å². The number of hydrogen-bond donors (Lipinski definition) is 3. The first-order chi connectivity index (χ1) is 5.52. The van der Waals surface area contributed by atoms with Crippen LogP contribution in [-0.4, -0.2) is 34.6 Å². The van der Waals surface area contributed by atoms with Gasteiger partial charge in [0, 0.05) is 6.42 Å². The van der Waals surface area contributed by atoms with Gasteiger partial charge < -0.3 is 15.5 Å². The number of hydrogen-bond acceptors (Lipinski definition) is 3. The van der Waals surface area contributed by atoms with E-state index in [1.54, 1.807) is 0 Å². The van der Waals surface area contributed by atoms with E-state index in [0.717, 1.165) is 0 Å². The van der Waals surface area contributed by atoms with E-state index in [0.29, 0.717) is 0 Å². The molecule has 0 aliphatic rings. The van der Waals surface area contributed by atoms with Crippen molar-refractivity contribution in [2.75, 3.05) is 6.54 Å². The van der Waals surface area contributed by atoms with E-state index >= 15 is 0 Å². The smallest absolute Gasteiger partial charge is 0.322 e. The van der Waals surface area contributed by atoms with Gasteiger partial charge in [-0.15, -0.1) is 0 Å². The van der Waals surface area contributed by atoms with Crippen LogP contribution in [0.3, 0.4) is 0 Å². The Hall–Kier alpha value is -1.59. The summed E-state index contributed by atoms with van der Waals surface area (Å²) in [4.78, 5) is 30.5. The summed E-state index contributed by atoms with van der Waals surface area (Å²) in [6.45, 7) is -0.474. The molecule has 0 aromatic rings. The van der Waals surface area contributed by atoms with E-state index in [1.165, 1.54) is 0 Å². The molecular formula is C6H9NO5. The number of carbonyl (C=O) groups excluding carboxylic acids is 1. The Morgan fingerprint density at radius 2 is 1.58 bits per heavy atom. The zero-order valence-electron chi connectivity index (χ0n) is 6.24. The molecular weight excluding hydrogens is 166 g/mol. The molecule has 0 bridgehead atoms. The molecule has 12 heavy (non-hydrogen) atoms. The van der Waals surface area contributed by atoms with Crippen LogP contribution in [-0.2, 0) is 14.4 Å². The highest BCUT2D eigenvalue weighted by Crippen LogP contribution is 1.87. The molecule has 68 valence electrons. The van der Waals surface area contributed by atoms with E-state index in [-0.39, 0.29) is 12.8 Å². The highest BCUT2D eigenvalue weighted by Gasteiger charge is 2.05. The predicted molar refractivity (Wildman–Crippen MR) is 37.5 cm³/mol. The Labute approximate surface area is 68.2 Å². The molecule has 0 aliphatic heterocycles. The second-order valence-corrected chi connectivity index (χ2v) is 2.06. The Morgan fingerprint density at radius 1 is 1.00 bits per heavy atom. The maximum atomic E-state index is 10.6. The molecule has 1 amide bonds. The summed E-state index contributed by atoms with van der Waals surface area (Å²) in [6, 6.07) is 0. The molecule has 3 N–H and O–H groups in total. The van der Waals surface area contributed by atoms with Crippen LogP contribution in [0.15, 0.2) is 0 Å². The zero-order chi connectivity index (χ0) is 9.56. The number of carboxylic acids is 2. The Bertz CT molecular complexity index is 180. The van der Waals surface area contributed by atoms with Crippen molar-refractivity contribution in [1.82, 2.24) is 5.32 Å². The van der Waals surface area contributed by atoms with Gasteiger partial charge in [-0.05, 0) is 0 Å². The number of carboxylic acid groups (broad SMARTS) is 2. The van der Waals surface area contributed by atoms with E-state index < -0.39 is 24.4 Å². The molecule has 0 saturated carbocycles. The van der Waals surface area contributed by atoms with Gasteiger partial charge in [-0.1, -0.05) is 0 Å². The third-order valence-corrected chi connectivity index (χ3v) is 1.00. The van der Waals surface area contributed by atoms with Crippen LogP contribution in [0.5, 0.6) is 0 Å².